The third-order valence-corrected chi connectivity index (χ3v) is 3.16. The van der Waals surface area contributed by atoms with Crippen LogP contribution in [-0.4, -0.2) is 25.5 Å². The first-order chi connectivity index (χ1) is 9.25. The number of aromatic nitrogens is 4. The average Bonchev–Trinajstić information content (AvgIpc) is 2.85. The molecule has 7 heteroatoms. The molecule has 0 atom stereocenters. The molecule has 0 fully saturated rings. The third-order valence-electron chi connectivity index (χ3n) is 2.53. The molecule has 0 bridgehead atoms. The summed E-state index contributed by atoms with van der Waals surface area (Å²) in [5.41, 5.74) is 1.53. The van der Waals surface area contributed by atoms with Crippen LogP contribution in [0, 0.1) is 0 Å². The van der Waals surface area contributed by atoms with Crippen molar-refractivity contribution in [1.29, 1.82) is 0 Å². The van der Waals surface area contributed by atoms with Crippen LogP contribution in [-0.2, 0) is 0 Å². The van der Waals surface area contributed by atoms with Gasteiger partial charge in [-0.2, -0.15) is 5.10 Å². The van der Waals surface area contributed by atoms with E-state index in [1.807, 2.05) is 0 Å². The van der Waals surface area contributed by atoms with Crippen LogP contribution in [0.25, 0.3) is 5.65 Å². The molecule has 94 valence electrons. The number of fused-ring (bicyclic) bond motifs is 1. The summed E-state index contributed by atoms with van der Waals surface area (Å²) in [6, 6.07) is 5.25. The SMILES string of the molecule is O=C(Nc1cccnc1Br)c1cnn2cccnc12. The van der Waals surface area contributed by atoms with Crippen molar-refractivity contribution in [3.05, 3.63) is 53.2 Å². The highest BCUT2D eigenvalue weighted by atomic mass is 79.9. The van der Waals surface area contributed by atoms with Crippen LogP contribution in [0.1, 0.15) is 10.4 Å². The standard InChI is InChI=1S/C12H8BrN5O/c13-10-9(3-1-4-14-10)17-12(19)8-7-16-18-6-2-5-15-11(8)18/h1-7H,(H,17,19). The van der Waals surface area contributed by atoms with Crippen molar-refractivity contribution in [3.63, 3.8) is 0 Å². The van der Waals surface area contributed by atoms with E-state index in [-0.39, 0.29) is 5.91 Å². The zero-order valence-corrected chi connectivity index (χ0v) is 11.2. The van der Waals surface area contributed by atoms with Crippen LogP contribution < -0.4 is 5.32 Å². The van der Waals surface area contributed by atoms with E-state index in [9.17, 15) is 4.79 Å². The zero-order valence-electron chi connectivity index (χ0n) is 9.62. The van der Waals surface area contributed by atoms with Gasteiger partial charge in [-0.15, -0.1) is 0 Å². The zero-order chi connectivity index (χ0) is 13.2. The van der Waals surface area contributed by atoms with Gasteiger partial charge in [0, 0.05) is 18.6 Å². The molecule has 0 aromatic carbocycles. The molecule has 0 radical (unpaired) electrons. The second kappa shape index (κ2) is 4.77. The Morgan fingerprint density at radius 1 is 1.26 bits per heavy atom. The summed E-state index contributed by atoms with van der Waals surface area (Å²) >= 11 is 3.28. The lowest BCUT2D eigenvalue weighted by atomic mass is 10.3. The first-order valence-electron chi connectivity index (χ1n) is 5.46. The van der Waals surface area contributed by atoms with E-state index in [2.05, 4.69) is 36.3 Å². The van der Waals surface area contributed by atoms with Gasteiger partial charge in [0.25, 0.3) is 5.91 Å². The molecule has 3 aromatic rings. The minimum atomic E-state index is -0.276. The molecule has 0 saturated carbocycles. The highest BCUT2D eigenvalue weighted by molar-refractivity contribution is 9.10. The molecule has 19 heavy (non-hydrogen) atoms. The number of hydrogen-bond donors (Lipinski definition) is 1. The van der Waals surface area contributed by atoms with Crippen LogP contribution in [0.4, 0.5) is 5.69 Å². The Hall–Kier alpha value is -2.28. The minimum Gasteiger partial charge on any atom is -0.319 e. The first-order valence-corrected chi connectivity index (χ1v) is 6.25. The molecule has 0 saturated heterocycles. The molecule has 0 unspecified atom stereocenters. The molecular formula is C12H8BrN5O. The highest BCUT2D eigenvalue weighted by Gasteiger charge is 2.14. The Balaban J connectivity index is 1.95. The number of hydrogen-bond acceptors (Lipinski definition) is 4. The lowest BCUT2D eigenvalue weighted by molar-refractivity contribution is 0.102. The van der Waals surface area contributed by atoms with E-state index >= 15 is 0 Å². The van der Waals surface area contributed by atoms with Crippen molar-refractivity contribution in [1.82, 2.24) is 19.6 Å². The predicted octanol–water partition coefficient (Wildman–Crippen LogP) is 2.14. The lowest BCUT2D eigenvalue weighted by Crippen LogP contribution is -2.12. The number of rotatable bonds is 2. The van der Waals surface area contributed by atoms with Gasteiger partial charge in [-0.1, -0.05) is 0 Å². The normalized spacial score (nSPS) is 10.6. The maximum atomic E-state index is 12.2. The van der Waals surface area contributed by atoms with Gasteiger partial charge >= 0.3 is 0 Å². The summed E-state index contributed by atoms with van der Waals surface area (Å²) in [6.45, 7) is 0. The second-order valence-electron chi connectivity index (χ2n) is 3.74. The summed E-state index contributed by atoms with van der Waals surface area (Å²) in [5.74, 6) is -0.276. The Bertz CT molecular complexity index is 754. The van der Waals surface area contributed by atoms with Gasteiger partial charge in [0.15, 0.2) is 5.65 Å². The minimum absolute atomic E-state index is 0.276. The maximum absolute atomic E-state index is 12.2. The van der Waals surface area contributed by atoms with Gasteiger partial charge < -0.3 is 5.32 Å². The summed E-state index contributed by atoms with van der Waals surface area (Å²) in [4.78, 5) is 20.4. The highest BCUT2D eigenvalue weighted by Crippen LogP contribution is 2.19. The van der Waals surface area contributed by atoms with Crippen molar-refractivity contribution in [2.45, 2.75) is 0 Å². The second-order valence-corrected chi connectivity index (χ2v) is 4.49. The van der Waals surface area contributed by atoms with E-state index in [4.69, 9.17) is 0 Å². The lowest BCUT2D eigenvalue weighted by Gasteiger charge is -2.04. The van der Waals surface area contributed by atoms with Gasteiger partial charge in [0.1, 0.15) is 10.2 Å². The molecule has 0 aliphatic rings. The number of anilines is 1. The van der Waals surface area contributed by atoms with Gasteiger partial charge in [0.2, 0.25) is 0 Å². The molecule has 3 heterocycles. The maximum Gasteiger partial charge on any atom is 0.261 e. The van der Waals surface area contributed by atoms with Gasteiger partial charge in [0.05, 0.1) is 11.9 Å². The molecule has 3 aromatic heterocycles. The molecule has 1 N–H and O–H groups in total. The van der Waals surface area contributed by atoms with Crippen molar-refractivity contribution in [2.24, 2.45) is 0 Å². The Morgan fingerprint density at radius 2 is 2.11 bits per heavy atom. The number of pyridine rings is 1. The largest absolute Gasteiger partial charge is 0.319 e. The fourth-order valence-electron chi connectivity index (χ4n) is 1.66. The molecule has 6 nitrogen and oxygen atoms in total. The molecule has 0 spiro atoms. The van der Waals surface area contributed by atoms with Crippen molar-refractivity contribution in [2.75, 3.05) is 5.32 Å². The van der Waals surface area contributed by atoms with Crippen LogP contribution >= 0.6 is 15.9 Å². The smallest absolute Gasteiger partial charge is 0.261 e. The number of carbonyl (C=O) groups is 1. The van der Waals surface area contributed by atoms with Crippen LogP contribution in [0.5, 0.6) is 0 Å². The van der Waals surface area contributed by atoms with E-state index in [1.54, 1.807) is 41.3 Å². The third kappa shape index (κ3) is 2.19. The fourth-order valence-corrected chi connectivity index (χ4v) is 2.01. The van der Waals surface area contributed by atoms with E-state index in [0.29, 0.717) is 21.5 Å². The quantitative estimate of drug-likeness (QED) is 0.735. The van der Waals surface area contributed by atoms with Crippen molar-refractivity contribution in [3.8, 4) is 0 Å². The molecule has 3 rings (SSSR count). The van der Waals surface area contributed by atoms with Crippen LogP contribution in [0.15, 0.2) is 47.6 Å². The predicted molar refractivity (Wildman–Crippen MR) is 72.9 cm³/mol. The number of nitrogens with zero attached hydrogens (tertiary/aromatic N) is 4. The van der Waals surface area contributed by atoms with E-state index in [1.165, 1.54) is 6.20 Å². The van der Waals surface area contributed by atoms with Gasteiger partial charge in [-0.05, 0) is 34.1 Å². The first kappa shape index (κ1) is 11.8. The van der Waals surface area contributed by atoms with E-state index in [0.717, 1.165) is 0 Å². The Morgan fingerprint density at radius 3 is 2.95 bits per heavy atom. The summed E-state index contributed by atoms with van der Waals surface area (Å²) in [7, 11) is 0. The number of carbonyl (C=O) groups excluding carboxylic acids is 1. The summed E-state index contributed by atoms with van der Waals surface area (Å²) < 4.78 is 2.13. The Labute approximate surface area is 116 Å². The Kier molecular flexibility index (Phi) is 2.96. The monoisotopic (exact) mass is 317 g/mol. The van der Waals surface area contributed by atoms with Gasteiger partial charge in [-0.25, -0.2) is 14.5 Å². The van der Waals surface area contributed by atoms with E-state index < -0.39 is 0 Å². The van der Waals surface area contributed by atoms with Crippen molar-refractivity contribution < 1.29 is 4.79 Å². The average molecular weight is 318 g/mol. The number of amides is 1. The number of nitrogens with one attached hydrogen (secondary N) is 1. The van der Waals surface area contributed by atoms with Crippen molar-refractivity contribution >= 4 is 33.2 Å². The summed E-state index contributed by atoms with van der Waals surface area (Å²) in [6.07, 6.45) is 6.48. The summed E-state index contributed by atoms with van der Waals surface area (Å²) in [5, 5.41) is 6.83. The molecule has 1 amide bonds. The topological polar surface area (TPSA) is 72.2 Å². The number of halogens is 1. The fraction of sp³-hybridized carbons (Fsp3) is 0. The molecule has 0 aliphatic carbocycles. The van der Waals surface area contributed by atoms with Crippen LogP contribution in [0.3, 0.4) is 0 Å². The molecular weight excluding hydrogens is 310 g/mol. The molecule has 0 aliphatic heterocycles. The van der Waals surface area contributed by atoms with Crippen LogP contribution in [0.2, 0.25) is 0 Å². The van der Waals surface area contributed by atoms with Gasteiger partial charge in [-0.3, -0.25) is 4.79 Å².